The minimum Gasteiger partial charge on any atom is -0.324 e. The Morgan fingerprint density at radius 1 is 1.00 bits per heavy atom. The first-order chi connectivity index (χ1) is 19.0. The van der Waals surface area contributed by atoms with Crippen molar-refractivity contribution in [1.29, 1.82) is 0 Å². The average Bonchev–Trinajstić information content (AvgIpc) is 2.97. The van der Waals surface area contributed by atoms with Crippen molar-refractivity contribution in [2.45, 2.75) is 20.4 Å². The molecule has 8 nitrogen and oxygen atoms in total. The quantitative estimate of drug-likeness (QED) is 0.330. The summed E-state index contributed by atoms with van der Waals surface area (Å²) < 4.78 is 14.8. The van der Waals surface area contributed by atoms with Gasteiger partial charge in [0.05, 0.1) is 5.69 Å². The van der Waals surface area contributed by atoms with Crippen molar-refractivity contribution < 1.29 is 9.18 Å². The van der Waals surface area contributed by atoms with Gasteiger partial charge in [-0.3, -0.25) is 14.7 Å². The van der Waals surface area contributed by atoms with E-state index in [4.69, 9.17) is 0 Å². The van der Waals surface area contributed by atoms with E-state index >= 15 is 0 Å². The Labute approximate surface area is 227 Å². The lowest BCUT2D eigenvalue weighted by atomic mass is 10.1. The Balaban J connectivity index is 1.25. The van der Waals surface area contributed by atoms with Gasteiger partial charge in [-0.15, -0.1) is 0 Å². The summed E-state index contributed by atoms with van der Waals surface area (Å²) in [4.78, 5) is 30.8. The number of nitrogens with one attached hydrogen (secondary N) is 2. The molecule has 1 amide bonds. The van der Waals surface area contributed by atoms with Crippen LogP contribution in [0.4, 0.5) is 21.7 Å². The van der Waals surface area contributed by atoms with Gasteiger partial charge in [0.1, 0.15) is 5.82 Å². The van der Waals surface area contributed by atoms with Gasteiger partial charge in [0.25, 0.3) is 5.91 Å². The highest BCUT2D eigenvalue weighted by molar-refractivity contribution is 6.04. The number of hydrogen-bond acceptors (Lipinski definition) is 7. The van der Waals surface area contributed by atoms with E-state index in [0.717, 1.165) is 50.4 Å². The van der Waals surface area contributed by atoms with Gasteiger partial charge >= 0.3 is 0 Å². The first-order valence-electron chi connectivity index (χ1n) is 13.1. The number of amides is 1. The van der Waals surface area contributed by atoms with Crippen LogP contribution in [0, 0.1) is 12.7 Å². The zero-order chi connectivity index (χ0) is 27.2. The lowest BCUT2D eigenvalue weighted by molar-refractivity contribution is 0.102. The SMILES string of the molecule is CCN1CCN(Cc2ccc(C(=O)Nc3cc(F)c(C)c(Nc4nccc(-c5cccnc5)n4)c3)cc2)CC1. The number of benzene rings is 2. The average molecular weight is 526 g/mol. The van der Waals surface area contributed by atoms with Crippen LogP contribution in [-0.4, -0.2) is 63.4 Å². The lowest BCUT2D eigenvalue weighted by Crippen LogP contribution is -2.45. The zero-order valence-corrected chi connectivity index (χ0v) is 22.2. The molecule has 1 fully saturated rings. The van der Waals surface area contributed by atoms with E-state index in [0.29, 0.717) is 34.1 Å². The molecule has 2 aromatic heterocycles. The minimum atomic E-state index is -0.447. The molecule has 4 aromatic rings. The maximum Gasteiger partial charge on any atom is 0.255 e. The molecule has 0 spiro atoms. The van der Waals surface area contributed by atoms with Gasteiger partial charge in [-0.1, -0.05) is 19.1 Å². The van der Waals surface area contributed by atoms with Gasteiger partial charge < -0.3 is 15.5 Å². The summed E-state index contributed by atoms with van der Waals surface area (Å²) in [5.41, 5.74) is 4.41. The molecule has 39 heavy (non-hydrogen) atoms. The third-order valence-electron chi connectivity index (χ3n) is 7.00. The summed E-state index contributed by atoms with van der Waals surface area (Å²) in [6.07, 6.45) is 5.04. The monoisotopic (exact) mass is 525 g/mol. The second kappa shape index (κ2) is 12.1. The van der Waals surface area contributed by atoms with E-state index in [-0.39, 0.29) is 5.91 Å². The predicted octanol–water partition coefficient (Wildman–Crippen LogP) is 5.12. The third-order valence-corrected chi connectivity index (χ3v) is 7.00. The number of halogens is 1. The number of anilines is 3. The minimum absolute atomic E-state index is 0.304. The molecule has 2 N–H and O–H groups in total. The molecule has 0 bridgehead atoms. The number of rotatable bonds is 8. The van der Waals surface area contributed by atoms with Crippen molar-refractivity contribution in [3.63, 3.8) is 0 Å². The van der Waals surface area contributed by atoms with Gasteiger partial charge in [0.15, 0.2) is 0 Å². The Kier molecular flexibility index (Phi) is 8.19. The van der Waals surface area contributed by atoms with Crippen LogP contribution in [0.1, 0.15) is 28.4 Å². The van der Waals surface area contributed by atoms with Crippen molar-refractivity contribution in [3.05, 3.63) is 95.7 Å². The molecule has 200 valence electrons. The Bertz CT molecular complexity index is 1420. The Morgan fingerprint density at radius 2 is 1.77 bits per heavy atom. The molecule has 2 aromatic carbocycles. The van der Waals surface area contributed by atoms with Crippen molar-refractivity contribution in [1.82, 2.24) is 24.8 Å². The van der Waals surface area contributed by atoms with Crippen molar-refractivity contribution in [2.24, 2.45) is 0 Å². The molecule has 0 saturated carbocycles. The van der Waals surface area contributed by atoms with Crippen LogP contribution < -0.4 is 10.6 Å². The standard InChI is InChI=1S/C30H32FN7O/c1-3-37-13-15-38(16-14-37)20-22-6-8-23(9-7-22)29(39)34-25-17-26(31)21(2)28(18-25)36-30-33-12-10-27(35-30)24-5-4-11-32-19-24/h4-12,17-19H,3,13-16,20H2,1-2H3,(H,34,39)(H,33,35,36). The Hall–Kier alpha value is -4.21. The fourth-order valence-electron chi connectivity index (χ4n) is 4.58. The molecule has 0 radical (unpaired) electrons. The predicted molar refractivity (Wildman–Crippen MR) is 151 cm³/mol. The number of aromatic nitrogens is 3. The van der Waals surface area contributed by atoms with E-state index in [1.807, 2.05) is 36.4 Å². The molecule has 1 aliphatic rings. The van der Waals surface area contributed by atoms with E-state index in [1.165, 1.54) is 6.07 Å². The van der Waals surface area contributed by atoms with Crippen molar-refractivity contribution >= 4 is 23.2 Å². The van der Waals surface area contributed by atoms with Crippen LogP contribution in [0.3, 0.4) is 0 Å². The molecule has 5 rings (SSSR count). The van der Waals surface area contributed by atoms with Gasteiger partial charge in [-0.25, -0.2) is 14.4 Å². The van der Waals surface area contributed by atoms with Crippen LogP contribution in [0.25, 0.3) is 11.3 Å². The molecular weight excluding hydrogens is 493 g/mol. The van der Waals surface area contributed by atoms with Crippen LogP contribution >= 0.6 is 0 Å². The first-order valence-corrected chi connectivity index (χ1v) is 13.1. The van der Waals surface area contributed by atoms with Gasteiger partial charge in [0.2, 0.25) is 5.95 Å². The number of pyridine rings is 1. The van der Waals surface area contributed by atoms with E-state index in [1.54, 1.807) is 37.6 Å². The highest BCUT2D eigenvalue weighted by Gasteiger charge is 2.16. The third kappa shape index (κ3) is 6.63. The summed E-state index contributed by atoms with van der Waals surface area (Å²) in [5, 5.41) is 5.91. The van der Waals surface area contributed by atoms with E-state index in [9.17, 15) is 9.18 Å². The van der Waals surface area contributed by atoms with Crippen LogP contribution in [0.5, 0.6) is 0 Å². The summed E-state index contributed by atoms with van der Waals surface area (Å²) in [6, 6.07) is 16.1. The fraction of sp³-hybridized carbons (Fsp3) is 0.267. The maximum atomic E-state index is 14.8. The number of carbonyl (C=O) groups is 1. The number of likely N-dealkylation sites (N-methyl/N-ethyl adjacent to an activating group) is 1. The highest BCUT2D eigenvalue weighted by Crippen LogP contribution is 2.27. The van der Waals surface area contributed by atoms with Crippen LogP contribution in [-0.2, 0) is 6.54 Å². The lowest BCUT2D eigenvalue weighted by Gasteiger charge is -2.34. The molecular formula is C30H32FN7O. The van der Waals surface area contributed by atoms with Crippen molar-refractivity contribution in [3.8, 4) is 11.3 Å². The molecule has 9 heteroatoms. The highest BCUT2D eigenvalue weighted by atomic mass is 19.1. The number of carbonyl (C=O) groups excluding carboxylic acids is 1. The second-order valence-corrected chi connectivity index (χ2v) is 9.62. The van der Waals surface area contributed by atoms with Gasteiger partial charge in [-0.2, -0.15) is 0 Å². The fourth-order valence-corrected chi connectivity index (χ4v) is 4.58. The smallest absolute Gasteiger partial charge is 0.255 e. The second-order valence-electron chi connectivity index (χ2n) is 9.62. The van der Waals surface area contributed by atoms with Gasteiger partial charge in [0, 0.05) is 79.4 Å². The molecule has 3 heterocycles. The molecule has 1 saturated heterocycles. The normalized spacial score (nSPS) is 14.2. The first kappa shape index (κ1) is 26.4. The Morgan fingerprint density at radius 3 is 2.49 bits per heavy atom. The zero-order valence-electron chi connectivity index (χ0n) is 22.2. The number of piperazine rings is 1. The molecule has 0 aliphatic carbocycles. The maximum absolute atomic E-state index is 14.8. The summed E-state index contributed by atoms with van der Waals surface area (Å²) in [7, 11) is 0. The molecule has 0 unspecified atom stereocenters. The topological polar surface area (TPSA) is 86.3 Å². The van der Waals surface area contributed by atoms with Crippen LogP contribution in [0.15, 0.2) is 73.2 Å². The molecule has 0 atom stereocenters. The van der Waals surface area contributed by atoms with Crippen molar-refractivity contribution in [2.75, 3.05) is 43.4 Å². The summed E-state index contributed by atoms with van der Waals surface area (Å²) in [6.45, 7) is 10.1. The summed E-state index contributed by atoms with van der Waals surface area (Å²) >= 11 is 0. The molecule has 1 aliphatic heterocycles. The van der Waals surface area contributed by atoms with Gasteiger partial charge in [-0.05, 0) is 61.5 Å². The largest absolute Gasteiger partial charge is 0.324 e. The number of hydrogen-bond donors (Lipinski definition) is 2. The van der Waals surface area contributed by atoms with Crippen LogP contribution in [0.2, 0.25) is 0 Å². The van der Waals surface area contributed by atoms with E-state index < -0.39 is 5.82 Å². The number of nitrogens with zero attached hydrogens (tertiary/aromatic N) is 5. The van der Waals surface area contributed by atoms with E-state index in [2.05, 4.69) is 42.3 Å². The summed E-state index contributed by atoms with van der Waals surface area (Å²) in [5.74, 6) is -0.437.